The molecule has 0 saturated carbocycles. The number of furan rings is 1. The molecule has 0 fully saturated rings. The maximum atomic E-state index is 12.3. The van der Waals surface area contributed by atoms with Crippen LogP contribution in [0.2, 0.25) is 0 Å². The summed E-state index contributed by atoms with van der Waals surface area (Å²) in [6, 6.07) is 10.4. The molecule has 0 radical (unpaired) electrons. The number of rotatable bonds is 4. The van der Waals surface area contributed by atoms with Gasteiger partial charge in [0.1, 0.15) is 5.75 Å². The molecule has 0 atom stereocenters. The Morgan fingerprint density at radius 2 is 2.21 bits per heavy atom. The topological polar surface area (TPSA) is 94.5 Å². The van der Waals surface area contributed by atoms with Gasteiger partial charge in [-0.2, -0.15) is 4.52 Å². The average Bonchev–Trinajstić information content (AvgIpc) is 3.31. The van der Waals surface area contributed by atoms with Gasteiger partial charge in [-0.05, 0) is 30.3 Å². The SMILES string of the molecule is COc1cccc(C(=O)Nc2nn3c(-c4ccco4)nnc3s2)c1. The van der Waals surface area contributed by atoms with Crippen molar-refractivity contribution in [3.05, 3.63) is 48.2 Å². The van der Waals surface area contributed by atoms with Crippen molar-refractivity contribution in [3.63, 3.8) is 0 Å². The summed E-state index contributed by atoms with van der Waals surface area (Å²) in [7, 11) is 1.55. The van der Waals surface area contributed by atoms with Gasteiger partial charge in [-0.1, -0.05) is 17.4 Å². The zero-order valence-electron chi connectivity index (χ0n) is 12.5. The predicted molar refractivity (Wildman–Crippen MR) is 87.3 cm³/mol. The van der Waals surface area contributed by atoms with E-state index in [-0.39, 0.29) is 5.91 Å². The van der Waals surface area contributed by atoms with Crippen LogP contribution in [0.15, 0.2) is 47.1 Å². The second-order valence-electron chi connectivity index (χ2n) is 4.79. The first-order valence-electron chi connectivity index (χ1n) is 6.96. The van der Waals surface area contributed by atoms with Crippen molar-refractivity contribution < 1.29 is 13.9 Å². The van der Waals surface area contributed by atoms with E-state index in [0.29, 0.717) is 33.0 Å². The minimum absolute atomic E-state index is 0.279. The molecule has 9 heteroatoms. The van der Waals surface area contributed by atoms with Crippen LogP contribution in [-0.4, -0.2) is 32.8 Å². The molecule has 0 saturated heterocycles. The predicted octanol–water partition coefficient (Wildman–Crippen LogP) is 2.71. The van der Waals surface area contributed by atoms with Gasteiger partial charge in [-0.15, -0.1) is 15.3 Å². The highest BCUT2D eigenvalue weighted by Crippen LogP contribution is 2.24. The fraction of sp³-hybridized carbons (Fsp3) is 0.0667. The Morgan fingerprint density at radius 1 is 1.29 bits per heavy atom. The molecule has 3 heterocycles. The van der Waals surface area contributed by atoms with Crippen molar-refractivity contribution >= 4 is 27.3 Å². The van der Waals surface area contributed by atoms with E-state index in [1.807, 2.05) is 0 Å². The van der Waals surface area contributed by atoms with Crippen molar-refractivity contribution in [2.24, 2.45) is 0 Å². The number of nitrogens with zero attached hydrogens (tertiary/aromatic N) is 4. The van der Waals surface area contributed by atoms with Crippen LogP contribution in [0.3, 0.4) is 0 Å². The summed E-state index contributed by atoms with van der Waals surface area (Å²) < 4.78 is 12.0. The Labute approximate surface area is 139 Å². The maximum Gasteiger partial charge on any atom is 0.257 e. The van der Waals surface area contributed by atoms with Gasteiger partial charge in [-0.3, -0.25) is 10.1 Å². The Balaban J connectivity index is 1.62. The Morgan fingerprint density at radius 3 is 3.00 bits per heavy atom. The third-order valence-corrected chi connectivity index (χ3v) is 4.10. The molecule has 1 amide bonds. The number of aromatic nitrogens is 4. The third kappa shape index (κ3) is 2.50. The lowest BCUT2D eigenvalue weighted by atomic mass is 10.2. The lowest BCUT2D eigenvalue weighted by Crippen LogP contribution is -2.12. The number of hydrogen-bond acceptors (Lipinski definition) is 7. The van der Waals surface area contributed by atoms with Gasteiger partial charge in [0.05, 0.1) is 13.4 Å². The summed E-state index contributed by atoms with van der Waals surface area (Å²) in [5.74, 6) is 1.37. The Bertz CT molecular complexity index is 1010. The van der Waals surface area contributed by atoms with Crippen LogP contribution in [0.5, 0.6) is 5.75 Å². The smallest absolute Gasteiger partial charge is 0.257 e. The minimum Gasteiger partial charge on any atom is -0.497 e. The number of carbonyl (C=O) groups excluding carboxylic acids is 1. The van der Waals surface area contributed by atoms with Crippen molar-refractivity contribution in [1.29, 1.82) is 0 Å². The normalized spacial score (nSPS) is 10.9. The van der Waals surface area contributed by atoms with Crippen LogP contribution in [-0.2, 0) is 0 Å². The van der Waals surface area contributed by atoms with E-state index in [0.717, 1.165) is 0 Å². The van der Waals surface area contributed by atoms with E-state index < -0.39 is 0 Å². The number of nitrogens with one attached hydrogen (secondary N) is 1. The second kappa shape index (κ2) is 5.78. The largest absolute Gasteiger partial charge is 0.497 e. The van der Waals surface area contributed by atoms with Crippen LogP contribution >= 0.6 is 11.3 Å². The first-order valence-corrected chi connectivity index (χ1v) is 7.78. The standard InChI is InChI=1S/C15H11N5O3S/c1-22-10-5-2-4-9(8-10)13(21)16-14-19-20-12(11-6-3-7-23-11)17-18-15(20)24-14/h2-8H,1H3,(H,16,19,21). The van der Waals surface area contributed by atoms with Crippen LogP contribution in [0.1, 0.15) is 10.4 Å². The van der Waals surface area contributed by atoms with Crippen molar-refractivity contribution in [2.75, 3.05) is 12.4 Å². The molecule has 4 rings (SSSR count). The third-order valence-electron chi connectivity index (χ3n) is 3.28. The van der Waals surface area contributed by atoms with E-state index in [2.05, 4.69) is 20.6 Å². The zero-order chi connectivity index (χ0) is 16.5. The number of benzene rings is 1. The molecule has 3 aromatic heterocycles. The number of carbonyl (C=O) groups is 1. The van der Waals surface area contributed by atoms with E-state index in [1.54, 1.807) is 49.8 Å². The van der Waals surface area contributed by atoms with Gasteiger partial charge < -0.3 is 9.15 Å². The first-order chi connectivity index (χ1) is 11.7. The highest BCUT2D eigenvalue weighted by Gasteiger charge is 2.17. The van der Waals surface area contributed by atoms with Crippen LogP contribution in [0.25, 0.3) is 16.5 Å². The zero-order valence-corrected chi connectivity index (χ0v) is 13.3. The summed E-state index contributed by atoms with van der Waals surface area (Å²) in [6.45, 7) is 0. The fourth-order valence-corrected chi connectivity index (χ4v) is 2.90. The number of amides is 1. The molecule has 0 aliphatic heterocycles. The number of methoxy groups -OCH3 is 1. The lowest BCUT2D eigenvalue weighted by molar-refractivity contribution is 0.102. The second-order valence-corrected chi connectivity index (χ2v) is 5.74. The molecular weight excluding hydrogens is 330 g/mol. The summed E-state index contributed by atoms with van der Waals surface area (Å²) >= 11 is 1.22. The number of ether oxygens (including phenoxy) is 1. The monoisotopic (exact) mass is 341 g/mol. The van der Waals surface area contributed by atoms with E-state index >= 15 is 0 Å². The highest BCUT2D eigenvalue weighted by molar-refractivity contribution is 7.20. The number of anilines is 1. The van der Waals surface area contributed by atoms with Crippen molar-refractivity contribution in [2.45, 2.75) is 0 Å². The summed E-state index contributed by atoms with van der Waals surface area (Å²) in [6.07, 6.45) is 1.55. The van der Waals surface area contributed by atoms with Crippen molar-refractivity contribution in [3.8, 4) is 17.3 Å². The number of fused-ring (bicyclic) bond motifs is 1. The van der Waals surface area contributed by atoms with Crippen LogP contribution < -0.4 is 10.1 Å². The lowest BCUT2D eigenvalue weighted by Gasteiger charge is -2.03. The number of hydrogen-bond donors (Lipinski definition) is 1. The minimum atomic E-state index is -0.279. The molecule has 0 spiro atoms. The Hall–Kier alpha value is -3.20. The molecular formula is C15H11N5O3S. The molecule has 120 valence electrons. The van der Waals surface area contributed by atoms with E-state index in [9.17, 15) is 4.79 Å². The van der Waals surface area contributed by atoms with E-state index in [4.69, 9.17) is 9.15 Å². The molecule has 0 aliphatic carbocycles. The molecule has 1 N–H and O–H groups in total. The quantitative estimate of drug-likeness (QED) is 0.613. The molecule has 0 aliphatic rings. The molecule has 1 aromatic carbocycles. The summed E-state index contributed by atoms with van der Waals surface area (Å²) in [5, 5.41) is 15.6. The van der Waals surface area contributed by atoms with Gasteiger partial charge in [0.15, 0.2) is 5.76 Å². The van der Waals surface area contributed by atoms with Crippen LogP contribution in [0.4, 0.5) is 5.13 Å². The fourth-order valence-electron chi connectivity index (χ4n) is 2.16. The van der Waals surface area contributed by atoms with Crippen LogP contribution in [0, 0.1) is 0 Å². The van der Waals surface area contributed by atoms with Gasteiger partial charge >= 0.3 is 0 Å². The highest BCUT2D eigenvalue weighted by atomic mass is 32.1. The van der Waals surface area contributed by atoms with Gasteiger partial charge in [0, 0.05) is 5.56 Å². The van der Waals surface area contributed by atoms with Gasteiger partial charge in [0.25, 0.3) is 5.91 Å². The summed E-state index contributed by atoms with van der Waals surface area (Å²) in [4.78, 5) is 12.9. The molecule has 8 nitrogen and oxygen atoms in total. The molecule has 0 unspecified atom stereocenters. The molecule has 4 aromatic rings. The average molecular weight is 341 g/mol. The Kier molecular flexibility index (Phi) is 3.47. The van der Waals surface area contributed by atoms with Crippen molar-refractivity contribution in [1.82, 2.24) is 19.8 Å². The van der Waals surface area contributed by atoms with E-state index in [1.165, 1.54) is 15.9 Å². The van der Waals surface area contributed by atoms with Gasteiger partial charge in [-0.25, -0.2) is 0 Å². The molecule has 0 bridgehead atoms. The van der Waals surface area contributed by atoms with Gasteiger partial charge in [0.2, 0.25) is 15.9 Å². The molecule has 24 heavy (non-hydrogen) atoms. The summed E-state index contributed by atoms with van der Waals surface area (Å²) in [5.41, 5.74) is 0.478. The maximum absolute atomic E-state index is 12.3. The first kappa shape index (κ1) is 14.4.